The Bertz CT molecular complexity index is 363. The SMILES string of the molecule is CCN(CC)CCN(CC)C(=O)Nc1ccccc1. The summed E-state index contributed by atoms with van der Waals surface area (Å²) in [6, 6.07) is 9.55. The molecular weight excluding hydrogens is 238 g/mol. The fourth-order valence-corrected chi connectivity index (χ4v) is 1.93. The molecule has 0 unspecified atom stereocenters. The van der Waals surface area contributed by atoms with Crippen LogP contribution in [0.25, 0.3) is 0 Å². The van der Waals surface area contributed by atoms with Gasteiger partial charge in [-0.25, -0.2) is 4.79 Å². The van der Waals surface area contributed by atoms with Gasteiger partial charge in [-0.1, -0.05) is 32.0 Å². The maximum Gasteiger partial charge on any atom is 0.321 e. The summed E-state index contributed by atoms with van der Waals surface area (Å²) in [6.07, 6.45) is 0. The van der Waals surface area contributed by atoms with Crippen LogP contribution in [0.15, 0.2) is 30.3 Å². The number of benzene rings is 1. The van der Waals surface area contributed by atoms with Gasteiger partial charge in [0.25, 0.3) is 0 Å². The minimum absolute atomic E-state index is 0.0270. The fourth-order valence-electron chi connectivity index (χ4n) is 1.93. The number of nitrogens with one attached hydrogen (secondary N) is 1. The Kier molecular flexibility index (Phi) is 6.97. The lowest BCUT2D eigenvalue weighted by molar-refractivity contribution is 0.200. The second kappa shape index (κ2) is 8.53. The van der Waals surface area contributed by atoms with Crippen molar-refractivity contribution < 1.29 is 4.79 Å². The van der Waals surface area contributed by atoms with Gasteiger partial charge >= 0.3 is 6.03 Å². The van der Waals surface area contributed by atoms with Crippen molar-refractivity contribution in [3.05, 3.63) is 30.3 Å². The number of rotatable bonds is 7. The van der Waals surface area contributed by atoms with Gasteiger partial charge in [0.2, 0.25) is 0 Å². The van der Waals surface area contributed by atoms with Crippen molar-refractivity contribution in [2.45, 2.75) is 20.8 Å². The summed E-state index contributed by atoms with van der Waals surface area (Å²) in [5, 5.41) is 2.92. The van der Waals surface area contributed by atoms with Gasteiger partial charge in [-0.2, -0.15) is 0 Å². The van der Waals surface area contributed by atoms with Gasteiger partial charge < -0.3 is 15.1 Å². The average Bonchev–Trinajstić information content (AvgIpc) is 2.45. The maximum atomic E-state index is 12.1. The normalized spacial score (nSPS) is 10.5. The molecule has 0 saturated heterocycles. The van der Waals surface area contributed by atoms with E-state index in [9.17, 15) is 4.79 Å². The summed E-state index contributed by atoms with van der Waals surface area (Å²) < 4.78 is 0. The first kappa shape index (κ1) is 15.5. The van der Waals surface area contributed by atoms with Crippen LogP contribution >= 0.6 is 0 Å². The number of amides is 2. The van der Waals surface area contributed by atoms with Crippen molar-refractivity contribution in [1.82, 2.24) is 9.80 Å². The molecule has 2 amide bonds. The summed E-state index contributed by atoms with van der Waals surface area (Å²) in [6.45, 7) is 10.7. The second-order valence-electron chi connectivity index (χ2n) is 4.40. The van der Waals surface area contributed by atoms with E-state index in [0.717, 1.165) is 38.4 Å². The first-order chi connectivity index (χ1) is 9.21. The van der Waals surface area contributed by atoms with Crippen molar-refractivity contribution in [1.29, 1.82) is 0 Å². The quantitative estimate of drug-likeness (QED) is 0.821. The number of anilines is 1. The van der Waals surface area contributed by atoms with Crippen molar-refractivity contribution in [2.75, 3.05) is 38.0 Å². The van der Waals surface area contributed by atoms with E-state index in [2.05, 4.69) is 24.1 Å². The van der Waals surface area contributed by atoms with Crippen LogP contribution in [0.3, 0.4) is 0 Å². The van der Waals surface area contributed by atoms with Gasteiger partial charge in [-0.3, -0.25) is 0 Å². The third-order valence-corrected chi connectivity index (χ3v) is 3.27. The van der Waals surface area contributed by atoms with E-state index >= 15 is 0 Å². The lowest BCUT2D eigenvalue weighted by Crippen LogP contribution is -2.40. The fraction of sp³-hybridized carbons (Fsp3) is 0.533. The number of hydrogen-bond donors (Lipinski definition) is 1. The second-order valence-corrected chi connectivity index (χ2v) is 4.40. The molecule has 0 heterocycles. The van der Waals surface area contributed by atoms with Gasteiger partial charge in [-0.05, 0) is 32.1 Å². The third-order valence-electron chi connectivity index (χ3n) is 3.27. The maximum absolute atomic E-state index is 12.1. The van der Waals surface area contributed by atoms with Crippen LogP contribution in [0.4, 0.5) is 10.5 Å². The summed E-state index contributed by atoms with van der Waals surface area (Å²) in [7, 11) is 0. The van der Waals surface area contributed by atoms with E-state index in [0.29, 0.717) is 0 Å². The number of carbonyl (C=O) groups excluding carboxylic acids is 1. The number of urea groups is 1. The smallest absolute Gasteiger partial charge is 0.321 e. The lowest BCUT2D eigenvalue weighted by Gasteiger charge is -2.25. The highest BCUT2D eigenvalue weighted by Crippen LogP contribution is 2.06. The molecule has 1 aromatic carbocycles. The van der Waals surface area contributed by atoms with Crippen LogP contribution in [0.5, 0.6) is 0 Å². The van der Waals surface area contributed by atoms with Gasteiger partial charge in [0, 0.05) is 25.3 Å². The topological polar surface area (TPSA) is 35.6 Å². The van der Waals surface area contributed by atoms with Gasteiger partial charge in [0.05, 0.1) is 0 Å². The molecule has 0 spiro atoms. The summed E-state index contributed by atoms with van der Waals surface area (Å²) in [5.41, 5.74) is 0.841. The molecule has 106 valence electrons. The van der Waals surface area contributed by atoms with Crippen molar-refractivity contribution in [2.24, 2.45) is 0 Å². The highest BCUT2D eigenvalue weighted by molar-refractivity contribution is 5.89. The summed E-state index contributed by atoms with van der Waals surface area (Å²) in [4.78, 5) is 16.3. The van der Waals surface area contributed by atoms with E-state index in [1.54, 1.807) is 0 Å². The van der Waals surface area contributed by atoms with E-state index in [1.807, 2.05) is 42.2 Å². The Morgan fingerprint density at radius 2 is 1.63 bits per heavy atom. The number of carbonyl (C=O) groups is 1. The zero-order valence-electron chi connectivity index (χ0n) is 12.2. The minimum Gasteiger partial charge on any atom is -0.324 e. The Morgan fingerprint density at radius 3 is 2.16 bits per heavy atom. The molecule has 0 aromatic heterocycles. The monoisotopic (exact) mass is 263 g/mol. The molecule has 0 radical (unpaired) electrons. The van der Waals surface area contributed by atoms with Crippen LogP contribution in [-0.2, 0) is 0 Å². The van der Waals surface area contributed by atoms with E-state index < -0.39 is 0 Å². The Morgan fingerprint density at radius 1 is 1.00 bits per heavy atom. The Labute approximate surface area is 116 Å². The molecular formula is C15H25N3O. The first-order valence-corrected chi connectivity index (χ1v) is 7.04. The largest absolute Gasteiger partial charge is 0.324 e. The summed E-state index contributed by atoms with van der Waals surface area (Å²) >= 11 is 0. The van der Waals surface area contributed by atoms with Gasteiger partial charge in [0.1, 0.15) is 0 Å². The Balaban J connectivity index is 2.48. The zero-order valence-corrected chi connectivity index (χ0v) is 12.2. The molecule has 4 nitrogen and oxygen atoms in total. The zero-order chi connectivity index (χ0) is 14.1. The van der Waals surface area contributed by atoms with E-state index in [4.69, 9.17) is 0 Å². The van der Waals surface area contributed by atoms with E-state index in [1.165, 1.54) is 0 Å². The molecule has 0 aliphatic rings. The van der Waals surface area contributed by atoms with Gasteiger partial charge in [-0.15, -0.1) is 0 Å². The lowest BCUT2D eigenvalue weighted by atomic mass is 10.3. The molecule has 4 heteroatoms. The highest BCUT2D eigenvalue weighted by Gasteiger charge is 2.12. The molecule has 1 aromatic rings. The molecule has 0 aliphatic heterocycles. The van der Waals surface area contributed by atoms with Crippen molar-refractivity contribution in [3.63, 3.8) is 0 Å². The molecule has 0 atom stereocenters. The average molecular weight is 263 g/mol. The molecule has 0 bridgehead atoms. The number of para-hydroxylation sites is 1. The van der Waals surface area contributed by atoms with Gasteiger partial charge in [0.15, 0.2) is 0 Å². The molecule has 19 heavy (non-hydrogen) atoms. The van der Waals surface area contributed by atoms with Crippen LogP contribution in [-0.4, -0.2) is 48.6 Å². The molecule has 0 saturated carbocycles. The molecule has 0 aliphatic carbocycles. The van der Waals surface area contributed by atoms with Crippen LogP contribution in [0.1, 0.15) is 20.8 Å². The van der Waals surface area contributed by atoms with Crippen LogP contribution in [0.2, 0.25) is 0 Å². The molecule has 1 rings (SSSR count). The minimum atomic E-state index is -0.0270. The number of likely N-dealkylation sites (N-methyl/N-ethyl adjacent to an activating group) is 2. The number of nitrogens with zero attached hydrogens (tertiary/aromatic N) is 2. The molecule has 0 fully saturated rings. The molecule has 1 N–H and O–H groups in total. The Hall–Kier alpha value is -1.55. The van der Waals surface area contributed by atoms with Crippen LogP contribution in [0, 0.1) is 0 Å². The van der Waals surface area contributed by atoms with Crippen molar-refractivity contribution >= 4 is 11.7 Å². The highest BCUT2D eigenvalue weighted by atomic mass is 16.2. The summed E-state index contributed by atoms with van der Waals surface area (Å²) in [5.74, 6) is 0. The first-order valence-electron chi connectivity index (χ1n) is 7.04. The van der Waals surface area contributed by atoms with Crippen molar-refractivity contribution in [3.8, 4) is 0 Å². The predicted molar refractivity (Wildman–Crippen MR) is 80.5 cm³/mol. The number of hydrogen-bond acceptors (Lipinski definition) is 2. The third kappa shape index (κ3) is 5.30. The standard InChI is InChI=1S/C15H25N3O/c1-4-17(5-2)12-13-18(6-3)15(19)16-14-10-8-7-9-11-14/h7-11H,4-6,12-13H2,1-3H3,(H,16,19). The predicted octanol–water partition coefficient (Wildman–Crippen LogP) is 2.88. The van der Waals surface area contributed by atoms with Crippen LogP contribution < -0.4 is 5.32 Å². The van der Waals surface area contributed by atoms with E-state index in [-0.39, 0.29) is 6.03 Å².